The number of unbranched alkanes of at least 4 members (excludes halogenated alkanes) is 3. The zero-order valence-electron chi connectivity index (χ0n) is 18.2. The van der Waals surface area contributed by atoms with Gasteiger partial charge in [-0.1, -0.05) is 99.0 Å². The molecule has 0 heterocycles. The van der Waals surface area contributed by atoms with Gasteiger partial charge in [0.15, 0.2) is 0 Å². The average Bonchev–Trinajstić information content (AvgIpc) is 2.77. The van der Waals surface area contributed by atoms with Gasteiger partial charge in [0.05, 0.1) is 6.04 Å². The lowest BCUT2D eigenvalue weighted by molar-refractivity contribution is -0.187. The van der Waals surface area contributed by atoms with Crippen molar-refractivity contribution in [2.45, 2.75) is 64.1 Å². The predicted molar refractivity (Wildman–Crippen MR) is 120 cm³/mol. The van der Waals surface area contributed by atoms with Crippen LogP contribution in [0.3, 0.4) is 0 Å². The van der Waals surface area contributed by atoms with E-state index in [2.05, 4.69) is 0 Å². The molecule has 31 heavy (non-hydrogen) atoms. The van der Waals surface area contributed by atoms with E-state index in [9.17, 15) is 18.0 Å². The number of alkyl halides is 3. The van der Waals surface area contributed by atoms with Crippen molar-refractivity contribution in [2.24, 2.45) is 0 Å². The van der Waals surface area contributed by atoms with Crippen LogP contribution in [0.5, 0.6) is 0 Å². The van der Waals surface area contributed by atoms with Crippen molar-refractivity contribution < 1.29 is 18.0 Å². The number of hydrogen-bond acceptors (Lipinski definition) is 1. The Balaban J connectivity index is 2.19. The molecule has 0 saturated heterocycles. The van der Waals surface area contributed by atoms with Gasteiger partial charge in [-0.2, -0.15) is 13.2 Å². The minimum Gasteiger partial charge on any atom is -0.328 e. The van der Waals surface area contributed by atoms with Gasteiger partial charge in [-0.3, -0.25) is 4.79 Å². The SMILES string of the molecule is CCCCCCN(C(=O)C(F)(F)F)[C@@H](/C=C/Cc1ccccc1)CCc1ccccc1. The van der Waals surface area contributed by atoms with Crippen LogP contribution in [0.15, 0.2) is 72.8 Å². The molecule has 168 valence electrons. The molecule has 0 aliphatic carbocycles. The fourth-order valence-electron chi connectivity index (χ4n) is 3.58. The minimum absolute atomic E-state index is 0.119. The first-order valence-corrected chi connectivity index (χ1v) is 11.0. The van der Waals surface area contributed by atoms with Crippen molar-refractivity contribution in [3.63, 3.8) is 0 Å². The van der Waals surface area contributed by atoms with Gasteiger partial charge in [0.2, 0.25) is 0 Å². The van der Waals surface area contributed by atoms with Crippen molar-refractivity contribution in [1.82, 2.24) is 4.90 Å². The van der Waals surface area contributed by atoms with Crippen LogP contribution in [0.1, 0.15) is 50.2 Å². The second-order valence-corrected chi connectivity index (χ2v) is 7.77. The third-order valence-electron chi connectivity index (χ3n) is 5.28. The number of amides is 1. The quantitative estimate of drug-likeness (QED) is 0.269. The summed E-state index contributed by atoms with van der Waals surface area (Å²) < 4.78 is 40.1. The Morgan fingerprint density at radius 1 is 0.935 bits per heavy atom. The van der Waals surface area contributed by atoms with Gasteiger partial charge >= 0.3 is 12.1 Å². The molecule has 2 rings (SSSR count). The highest BCUT2D eigenvalue weighted by atomic mass is 19.4. The standard InChI is InChI=1S/C26H32F3NO/c1-2-3-4-11-21-30(25(31)26(27,28)29)24(20-19-23-15-9-6-10-16-23)18-12-17-22-13-7-5-8-14-22/h5-10,12-16,18,24H,2-4,11,17,19-21H2,1H3/b18-12+/t24-/m0/s1. The van der Waals surface area contributed by atoms with Crippen LogP contribution in [0.2, 0.25) is 0 Å². The number of carbonyl (C=O) groups is 1. The minimum atomic E-state index is -4.87. The van der Waals surface area contributed by atoms with Crippen LogP contribution in [-0.2, 0) is 17.6 Å². The number of hydrogen-bond donors (Lipinski definition) is 0. The van der Waals surface area contributed by atoms with E-state index in [4.69, 9.17) is 0 Å². The maximum absolute atomic E-state index is 13.4. The molecule has 0 spiro atoms. The smallest absolute Gasteiger partial charge is 0.328 e. The lowest BCUT2D eigenvalue weighted by Crippen LogP contribution is -2.47. The molecule has 2 aromatic carbocycles. The molecule has 0 aliphatic heterocycles. The molecular formula is C26H32F3NO. The number of carbonyl (C=O) groups excluding carboxylic acids is 1. The van der Waals surface area contributed by atoms with Gasteiger partial charge in [0.25, 0.3) is 0 Å². The monoisotopic (exact) mass is 431 g/mol. The third kappa shape index (κ3) is 8.99. The summed E-state index contributed by atoms with van der Waals surface area (Å²) in [5, 5.41) is 0. The predicted octanol–water partition coefficient (Wildman–Crippen LogP) is 6.76. The Morgan fingerprint density at radius 3 is 2.13 bits per heavy atom. The number of benzene rings is 2. The van der Waals surface area contributed by atoms with Crippen LogP contribution >= 0.6 is 0 Å². The second kappa shape index (κ2) is 13.0. The van der Waals surface area contributed by atoms with Crippen LogP contribution in [-0.4, -0.2) is 29.6 Å². The zero-order valence-corrected chi connectivity index (χ0v) is 18.2. The molecular weight excluding hydrogens is 399 g/mol. The van der Waals surface area contributed by atoms with Gasteiger partial charge in [-0.05, 0) is 36.8 Å². The summed E-state index contributed by atoms with van der Waals surface area (Å²) in [5.74, 6) is -1.74. The Kier molecular flexibility index (Phi) is 10.3. The van der Waals surface area contributed by atoms with E-state index < -0.39 is 18.1 Å². The molecule has 1 atom stereocenters. The molecule has 5 heteroatoms. The molecule has 2 nitrogen and oxygen atoms in total. The zero-order chi connectivity index (χ0) is 22.5. The molecule has 0 bridgehead atoms. The first-order valence-electron chi connectivity index (χ1n) is 11.0. The van der Waals surface area contributed by atoms with Crippen molar-refractivity contribution in [3.8, 4) is 0 Å². The fraction of sp³-hybridized carbons (Fsp3) is 0.423. The maximum atomic E-state index is 13.4. The molecule has 1 amide bonds. The summed E-state index contributed by atoms with van der Waals surface area (Å²) in [6.45, 7) is 2.17. The Bertz CT molecular complexity index is 787. The van der Waals surface area contributed by atoms with Crippen LogP contribution in [0.25, 0.3) is 0 Å². The largest absolute Gasteiger partial charge is 0.471 e. The van der Waals surface area contributed by atoms with Crippen molar-refractivity contribution in [2.75, 3.05) is 6.54 Å². The summed E-state index contributed by atoms with van der Waals surface area (Å²) in [6, 6.07) is 18.8. The first-order chi connectivity index (χ1) is 14.9. The van der Waals surface area contributed by atoms with E-state index in [1.807, 2.05) is 73.7 Å². The van der Waals surface area contributed by atoms with Crippen molar-refractivity contribution in [1.29, 1.82) is 0 Å². The lowest BCUT2D eigenvalue weighted by Gasteiger charge is -2.31. The normalized spacial score (nSPS) is 12.8. The van der Waals surface area contributed by atoms with Gasteiger partial charge in [-0.15, -0.1) is 0 Å². The molecule has 0 aliphatic rings. The average molecular weight is 432 g/mol. The van der Waals surface area contributed by atoms with Crippen LogP contribution in [0, 0.1) is 0 Å². The Hall–Kier alpha value is -2.56. The molecule has 0 N–H and O–H groups in total. The van der Waals surface area contributed by atoms with E-state index in [0.29, 0.717) is 25.7 Å². The third-order valence-corrected chi connectivity index (χ3v) is 5.28. The van der Waals surface area contributed by atoms with E-state index in [1.54, 1.807) is 6.08 Å². The molecule has 0 unspecified atom stereocenters. The molecule has 0 aromatic heterocycles. The van der Waals surface area contributed by atoms with E-state index in [-0.39, 0.29) is 6.54 Å². The number of nitrogens with zero attached hydrogens (tertiary/aromatic N) is 1. The lowest BCUT2D eigenvalue weighted by atomic mass is 10.0. The van der Waals surface area contributed by atoms with Gasteiger partial charge in [0, 0.05) is 6.54 Å². The van der Waals surface area contributed by atoms with Gasteiger partial charge in [-0.25, -0.2) is 0 Å². The second-order valence-electron chi connectivity index (χ2n) is 7.77. The summed E-state index contributed by atoms with van der Waals surface area (Å²) in [6.07, 6.45) is 3.79. The molecule has 0 fully saturated rings. The van der Waals surface area contributed by atoms with Gasteiger partial charge < -0.3 is 4.90 Å². The molecule has 0 saturated carbocycles. The fourth-order valence-corrected chi connectivity index (χ4v) is 3.58. The van der Waals surface area contributed by atoms with E-state index >= 15 is 0 Å². The maximum Gasteiger partial charge on any atom is 0.471 e. The first kappa shape index (κ1) is 24.7. The van der Waals surface area contributed by atoms with Crippen molar-refractivity contribution >= 4 is 5.91 Å². The summed E-state index contributed by atoms with van der Waals surface area (Å²) in [5.41, 5.74) is 2.13. The number of allylic oxidation sites excluding steroid dienone is 1. The number of halogens is 3. The highest BCUT2D eigenvalue weighted by molar-refractivity contribution is 5.82. The van der Waals surface area contributed by atoms with Gasteiger partial charge in [0.1, 0.15) is 0 Å². The van der Waals surface area contributed by atoms with Crippen LogP contribution < -0.4 is 0 Å². The highest BCUT2D eigenvalue weighted by Gasteiger charge is 2.43. The Labute approximate surface area is 183 Å². The van der Waals surface area contributed by atoms with E-state index in [0.717, 1.165) is 35.3 Å². The van der Waals surface area contributed by atoms with E-state index in [1.165, 1.54) is 0 Å². The topological polar surface area (TPSA) is 20.3 Å². The number of aryl methyl sites for hydroxylation is 1. The van der Waals surface area contributed by atoms with Crippen LogP contribution in [0.4, 0.5) is 13.2 Å². The van der Waals surface area contributed by atoms with Crippen molar-refractivity contribution in [3.05, 3.63) is 83.9 Å². The Morgan fingerprint density at radius 2 is 1.55 bits per heavy atom. The molecule has 0 radical (unpaired) electrons. The summed E-state index contributed by atoms with van der Waals surface area (Å²) >= 11 is 0. The molecule has 2 aromatic rings. The highest BCUT2D eigenvalue weighted by Crippen LogP contribution is 2.23. The number of rotatable bonds is 12. The summed E-state index contributed by atoms with van der Waals surface area (Å²) in [7, 11) is 0. The summed E-state index contributed by atoms with van der Waals surface area (Å²) in [4.78, 5) is 13.3.